The van der Waals surface area contributed by atoms with Crippen LogP contribution in [0.25, 0.3) is 0 Å². The highest BCUT2D eigenvalue weighted by Crippen LogP contribution is 2.43. The molecule has 1 aromatic heterocycles. The average Bonchev–Trinajstić information content (AvgIpc) is 3.33. The zero-order valence-electron chi connectivity index (χ0n) is 17.9. The molecule has 2 aromatic rings. The number of nitrogens with zero attached hydrogens (tertiary/aromatic N) is 4. The van der Waals surface area contributed by atoms with Crippen LogP contribution in [0.2, 0.25) is 0 Å². The summed E-state index contributed by atoms with van der Waals surface area (Å²) in [6, 6.07) is 7.68. The molecule has 3 aliphatic rings. The molecule has 2 saturated heterocycles. The van der Waals surface area contributed by atoms with Crippen LogP contribution in [0.15, 0.2) is 42.9 Å². The second-order valence-corrected chi connectivity index (χ2v) is 8.79. The van der Waals surface area contributed by atoms with E-state index in [4.69, 9.17) is 0 Å². The Balaban J connectivity index is 1.33. The number of piperazine rings is 1. The van der Waals surface area contributed by atoms with Crippen molar-refractivity contribution in [3.05, 3.63) is 59.7 Å². The molecule has 164 valence electrons. The number of hydrogen-bond donors (Lipinski definition) is 1. The van der Waals surface area contributed by atoms with Gasteiger partial charge in [-0.05, 0) is 30.5 Å². The predicted molar refractivity (Wildman–Crippen MR) is 117 cm³/mol. The summed E-state index contributed by atoms with van der Waals surface area (Å²) in [4.78, 5) is 36.9. The summed E-state index contributed by atoms with van der Waals surface area (Å²) in [5, 5.41) is 9.97. The fourth-order valence-corrected chi connectivity index (χ4v) is 5.27. The third-order valence-corrected chi connectivity index (χ3v) is 6.89. The maximum Gasteiger partial charge on any atom is 0.274 e. The molecule has 0 bridgehead atoms. The SMILES string of the molecule is O=C(c1cnccn1)N1CC(=O)N2[C@H](CO)[C@@H](c3ccc(C#CC4CCCC4)cc3)[C@@H]2C1. The molecule has 1 aromatic carbocycles. The minimum atomic E-state index is -0.296. The molecular weight excluding hydrogens is 404 g/mol. The Labute approximate surface area is 187 Å². The van der Waals surface area contributed by atoms with Gasteiger partial charge in [-0.3, -0.25) is 14.6 Å². The number of fused-ring (bicyclic) bond motifs is 1. The van der Waals surface area contributed by atoms with Gasteiger partial charge in [0.1, 0.15) is 12.2 Å². The Morgan fingerprint density at radius 2 is 1.94 bits per heavy atom. The van der Waals surface area contributed by atoms with Crippen LogP contribution in [0.4, 0.5) is 0 Å². The van der Waals surface area contributed by atoms with E-state index in [0.717, 1.165) is 11.1 Å². The molecule has 7 nitrogen and oxygen atoms in total. The first kappa shape index (κ1) is 20.7. The lowest BCUT2D eigenvalue weighted by atomic mass is 9.73. The summed E-state index contributed by atoms with van der Waals surface area (Å²) in [7, 11) is 0. The van der Waals surface area contributed by atoms with Gasteiger partial charge in [0.05, 0.1) is 24.9 Å². The molecule has 3 heterocycles. The van der Waals surface area contributed by atoms with Crippen LogP contribution < -0.4 is 0 Å². The summed E-state index contributed by atoms with van der Waals surface area (Å²) in [6.45, 7) is 0.296. The number of aromatic nitrogens is 2. The largest absolute Gasteiger partial charge is 0.394 e. The van der Waals surface area contributed by atoms with Gasteiger partial charge in [0.2, 0.25) is 5.91 Å². The van der Waals surface area contributed by atoms with Crippen molar-refractivity contribution in [2.24, 2.45) is 5.92 Å². The van der Waals surface area contributed by atoms with Crippen molar-refractivity contribution in [3.8, 4) is 11.8 Å². The van der Waals surface area contributed by atoms with Crippen LogP contribution in [-0.2, 0) is 4.79 Å². The lowest BCUT2D eigenvalue weighted by Crippen LogP contribution is -2.73. The Morgan fingerprint density at radius 1 is 1.16 bits per heavy atom. The maximum atomic E-state index is 12.8. The Hall–Kier alpha value is -3.24. The molecule has 0 radical (unpaired) electrons. The topological polar surface area (TPSA) is 86.6 Å². The van der Waals surface area contributed by atoms with Crippen LogP contribution >= 0.6 is 0 Å². The molecular formula is C25H26N4O3. The third kappa shape index (κ3) is 3.76. The van der Waals surface area contributed by atoms with E-state index in [9.17, 15) is 14.7 Å². The van der Waals surface area contributed by atoms with Crippen molar-refractivity contribution >= 4 is 11.8 Å². The molecule has 1 saturated carbocycles. The van der Waals surface area contributed by atoms with Crippen molar-refractivity contribution < 1.29 is 14.7 Å². The zero-order valence-corrected chi connectivity index (χ0v) is 17.9. The first-order valence-electron chi connectivity index (χ1n) is 11.2. The van der Waals surface area contributed by atoms with E-state index in [2.05, 4.69) is 21.8 Å². The van der Waals surface area contributed by atoms with Crippen LogP contribution in [-0.4, -0.2) is 68.5 Å². The fourth-order valence-electron chi connectivity index (χ4n) is 5.27. The molecule has 7 heteroatoms. The van der Waals surface area contributed by atoms with Gasteiger partial charge in [0.25, 0.3) is 5.91 Å². The standard InChI is InChI=1S/C25H26N4O3/c30-16-22-24(19-9-7-18(8-10-19)6-5-17-3-1-2-4-17)21-14-28(15-23(31)29(21)22)25(32)20-13-26-11-12-27-20/h7-13,17,21-22,24,30H,1-4,14-16H2/t21-,22+,24-/m0/s1. The number of aliphatic hydroxyl groups excluding tert-OH is 1. The zero-order chi connectivity index (χ0) is 22.1. The molecule has 3 fully saturated rings. The second-order valence-electron chi connectivity index (χ2n) is 8.79. The summed E-state index contributed by atoms with van der Waals surface area (Å²) in [6.07, 6.45) is 9.33. The number of benzene rings is 1. The lowest BCUT2D eigenvalue weighted by Gasteiger charge is -2.58. The van der Waals surface area contributed by atoms with E-state index in [0.29, 0.717) is 12.5 Å². The summed E-state index contributed by atoms with van der Waals surface area (Å²) < 4.78 is 0. The first-order chi connectivity index (χ1) is 15.7. The number of amides is 2. The fraction of sp³-hybridized carbons (Fsp3) is 0.440. The molecule has 1 aliphatic carbocycles. The van der Waals surface area contributed by atoms with E-state index >= 15 is 0 Å². The highest BCUT2D eigenvalue weighted by molar-refractivity contribution is 5.96. The quantitative estimate of drug-likeness (QED) is 0.751. The number of carbonyl (C=O) groups excluding carboxylic acids is 2. The Bertz CT molecular complexity index is 1050. The second kappa shape index (κ2) is 8.71. The van der Waals surface area contributed by atoms with E-state index in [1.807, 2.05) is 24.3 Å². The number of rotatable bonds is 3. The van der Waals surface area contributed by atoms with Crippen LogP contribution in [0.3, 0.4) is 0 Å². The molecule has 5 rings (SSSR count). The van der Waals surface area contributed by atoms with Crippen LogP contribution in [0, 0.1) is 17.8 Å². The smallest absolute Gasteiger partial charge is 0.274 e. The number of aliphatic hydroxyl groups is 1. The van der Waals surface area contributed by atoms with E-state index < -0.39 is 0 Å². The highest BCUT2D eigenvalue weighted by atomic mass is 16.3. The van der Waals surface area contributed by atoms with Gasteiger partial charge in [-0.25, -0.2) is 4.98 Å². The van der Waals surface area contributed by atoms with Crippen molar-refractivity contribution in [1.82, 2.24) is 19.8 Å². The van der Waals surface area contributed by atoms with Crippen molar-refractivity contribution in [1.29, 1.82) is 0 Å². The first-order valence-corrected chi connectivity index (χ1v) is 11.2. The van der Waals surface area contributed by atoms with Crippen LogP contribution in [0.5, 0.6) is 0 Å². The number of hydrogen-bond acceptors (Lipinski definition) is 5. The van der Waals surface area contributed by atoms with E-state index in [1.54, 1.807) is 4.90 Å². The van der Waals surface area contributed by atoms with Crippen LogP contribution in [0.1, 0.15) is 53.2 Å². The monoisotopic (exact) mass is 430 g/mol. The maximum absolute atomic E-state index is 12.8. The van der Waals surface area contributed by atoms with Crippen molar-refractivity contribution in [3.63, 3.8) is 0 Å². The third-order valence-electron chi connectivity index (χ3n) is 6.89. The number of carbonyl (C=O) groups is 2. The minimum absolute atomic E-state index is 0.00911. The molecule has 32 heavy (non-hydrogen) atoms. The van der Waals surface area contributed by atoms with Gasteiger partial charge < -0.3 is 14.9 Å². The Kier molecular flexibility index (Phi) is 5.62. The Morgan fingerprint density at radius 3 is 2.62 bits per heavy atom. The predicted octanol–water partition coefficient (Wildman–Crippen LogP) is 1.83. The molecule has 0 unspecified atom stereocenters. The molecule has 1 N–H and O–H groups in total. The van der Waals surface area contributed by atoms with E-state index in [1.165, 1.54) is 49.2 Å². The van der Waals surface area contributed by atoms with Gasteiger partial charge >= 0.3 is 0 Å². The normalized spacial score (nSPS) is 25.0. The average molecular weight is 431 g/mol. The lowest BCUT2D eigenvalue weighted by molar-refractivity contribution is -0.159. The van der Waals surface area contributed by atoms with Gasteiger partial charge in [-0.15, -0.1) is 0 Å². The van der Waals surface area contributed by atoms with Gasteiger partial charge in [-0.1, -0.05) is 36.8 Å². The molecule has 2 aliphatic heterocycles. The highest BCUT2D eigenvalue weighted by Gasteiger charge is 2.54. The molecule has 3 atom stereocenters. The van der Waals surface area contributed by atoms with Gasteiger partial charge in [-0.2, -0.15) is 0 Å². The van der Waals surface area contributed by atoms with Gasteiger partial charge in [0.15, 0.2) is 0 Å². The van der Waals surface area contributed by atoms with Gasteiger partial charge in [0, 0.05) is 36.3 Å². The molecule has 0 spiro atoms. The summed E-state index contributed by atoms with van der Waals surface area (Å²) in [5.74, 6) is 6.71. The minimum Gasteiger partial charge on any atom is -0.394 e. The summed E-state index contributed by atoms with van der Waals surface area (Å²) >= 11 is 0. The van der Waals surface area contributed by atoms with Crippen molar-refractivity contribution in [2.45, 2.75) is 43.7 Å². The van der Waals surface area contributed by atoms with Crippen molar-refractivity contribution in [2.75, 3.05) is 19.7 Å². The van der Waals surface area contributed by atoms with E-state index in [-0.39, 0.29) is 48.7 Å². The molecule has 2 amide bonds. The summed E-state index contributed by atoms with van der Waals surface area (Å²) in [5.41, 5.74) is 2.27.